The normalized spacial score (nSPS) is 12.5. The first-order valence-corrected chi connectivity index (χ1v) is 3.55. The molecule has 0 aliphatic heterocycles. The van der Waals surface area contributed by atoms with Crippen molar-refractivity contribution >= 4 is 6.21 Å². The first-order valence-electron chi connectivity index (χ1n) is 3.55. The van der Waals surface area contributed by atoms with Crippen LogP contribution < -0.4 is 0 Å². The molecule has 0 radical (unpaired) electrons. The number of hydrogen-bond acceptors (Lipinski definition) is 2. The van der Waals surface area contributed by atoms with E-state index in [0.717, 1.165) is 11.8 Å². The minimum absolute atomic E-state index is 0.532. The second kappa shape index (κ2) is 3.88. The third-order valence-corrected chi connectivity index (χ3v) is 1.48. The monoisotopic (exact) mass is 149 g/mol. The fourth-order valence-corrected chi connectivity index (χ4v) is 0.915. The first-order chi connectivity index (χ1) is 5.33. The average molecular weight is 149 g/mol. The Balaban J connectivity index is 2.57. The fourth-order valence-electron chi connectivity index (χ4n) is 0.915. The Hall–Kier alpha value is -1.15. The van der Waals surface area contributed by atoms with E-state index in [1.165, 1.54) is 0 Å². The Bertz CT molecular complexity index is 220. The molecule has 0 saturated heterocycles. The summed E-state index contributed by atoms with van der Waals surface area (Å²) < 4.78 is 0. The van der Waals surface area contributed by atoms with Gasteiger partial charge in [0, 0.05) is 12.6 Å². The highest BCUT2D eigenvalue weighted by Gasteiger charge is 1.99. The maximum Gasteiger partial charge on any atom is 0.0924 e. The standard InChI is InChI=1S/C9H11NO/c10-7-9(11)6-8-4-2-1-3-5-8/h1-5,7,9-11H,6H2. The van der Waals surface area contributed by atoms with Crippen LogP contribution >= 0.6 is 0 Å². The second-order valence-electron chi connectivity index (χ2n) is 2.42. The van der Waals surface area contributed by atoms with Crippen molar-refractivity contribution in [2.45, 2.75) is 12.5 Å². The van der Waals surface area contributed by atoms with Gasteiger partial charge in [-0.05, 0) is 5.56 Å². The molecule has 0 aliphatic rings. The highest BCUT2D eigenvalue weighted by molar-refractivity contribution is 5.59. The largest absolute Gasteiger partial charge is 0.387 e. The van der Waals surface area contributed by atoms with Gasteiger partial charge in [0.1, 0.15) is 0 Å². The van der Waals surface area contributed by atoms with Crippen LogP contribution in [-0.4, -0.2) is 17.4 Å². The van der Waals surface area contributed by atoms with Gasteiger partial charge in [0.05, 0.1) is 6.10 Å². The fraction of sp³-hybridized carbons (Fsp3) is 0.222. The van der Waals surface area contributed by atoms with Gasteiger partial charge in [0.15, 0.2) is 0 Å². The van der Waals surface area contributed by atoms with Crippen LogP contribution in [0.2, 0.25) is 0 Å². The molecule has 1 rings (SSSR count). The zero-order valence-corrected chi connectivity index (χ0v) is 6.20. The van der Waals surface area contributed by atoms with E-state index >= 15 is 0 Å². The Morgan fingerprint density at radius 2 is 2.00 bits per heavy atom. The number of aliphatic hydroxyl groups is 1. The lowest BCUT2D eigenvalue weighted by Gasteiger charge is -2.02. The number of nitrogens with one attached hydrogen (secondary N) is 1. The van der Waals surface area contributed by atoms with E-state index in [1.807, 2.05) is 30.3 Å². The van der Waals surface area contributed by atoms with Crippen molar-refractivity contribution in [3.63, 3.8) is 0 Å². The third kappa shape index (κ3) is 2.51. The average Bonchev–Trinajstić information content (AvgIpc) is 2.06. The SMILES string of the molecule is N=CC(O)Cc1ccccc1. The lowest BCUT2D eigenvalue weighted by Crippen LogP contribution is -2.10. The van der Waals surface area contributed by atoms with E-state index in [1.54, 1.807) is 0 Å². The van der Waals surface area contributed by atoms with Gasteiger partial charge in [-0.2, -0.15) is 0 Å². The molecule has 1 atom stereocenters. The Morgan fingerprint density at radius 1 is 1.36 bits per heavy atom. The molecule has 1 aromatic rings. The molecule has 0 fully saturated rings. The summed E-state index contributed by atoms with van der Waals surface area (Å²) in [6, 6.07) is 9.65. The molecule has 2 nitrogen and oxygen atoms in total. The van der Waals surface area contributed by atoms with Gasteiger partial charge in [-0.1, -0.05) is 30.3 Å². The van der Waals surface area contributed by atoms with E-state index in [2.05, 4.69) is 0 Å². The van der Waals surface area contributed by atoms with Gasteiger partial charge in [0.2, 0.25) is 0 Å². The van der Waals surface area contributed by atoms with Crippen LogP contribution in [0.25, 0.3) is 0 Å². The van der Waals surface area contributed by atoms with Crippen LogP contribution in [0.1, 0.15) is 5.56 Å². The summed E-state index contributed by atoms with van der Waals surface area (Å²) in [6.07, 6.45) is 0.939. The molecule has 0 heterocycles. The van der Waals surface area contributed by atoms with Crippen LogP contribution in [0.4, 0.5) is 0 Å². The van der Waals surface area contributed by atoms with Gasteiger partial charge in [-0.15, -0.1) is 0 Å². The number of rotatable bonds is 3. The van der Waals surface area contributed by atoms with Crippen molar-refractivity contribution in [3.8, 4) is 0 Å². The van der Waals surface area contributed by atoms with Crippen LogP contribution in [0.5, 0.6) is 0 Å². The van der Waals surface area contributed by atoms with Crippen LogP contribution in [0.15, 0.2) is 30.3 Å². The zero-order chi connectivity index (χ0) is 8.10. The molecular formula is C9H11NO. The summed E-state index contributed by atoms with van der Waals surface area (Å²) in [6.45, 7) is 0. The van der Waals surface area contributed by atoms with E-state index in [0.29, 0.717) is 6.42 Å². The van der Waals surface area contributed by atoms with E-state index in [-0.39, 0.29) is 0 Å². The molecule has 2 heteroatoms. The quantitative estimate of drug-likeness (QED) is 0.624. The molecule has 0 saturated carbocycles. The molecule has 0 aromatic heterocycles. The smallest absolute Gasteiger partial charge is 0.0924 e. The van der Waals surface area contributed by atoms with Gasteiger partial charge in [-0.25, -0.2) is 0 Å². The van der Waals surface area contributed by atoms with Crippen molar-refractivity contribution in [1.82, 2.24) is 0 Å². The van der Waals surface area contributed by atoms with Gasteiger partial charge >= 0.3 is 0 Å². The zero-order valence-electron chi connectivity index (χ0n) is 6.20. The van der Waals surface area contributed by atoms with Crippen molar-refractivity contribution in [3.05, 3.63) is 35.9 Å². The van der Waals surface area contributed by atoms with E-state index in [4.69, 9.17) is 10.5 Å². The maximum atomic E-state index is 9.07. The summed E-state index contributed by atoms with van der Waals surface area (Å²) in [5, 5.41) is 15.9. The summed E-state index contributed by atoms with van der Waals surface area (Å²) in [7, 11) is 0. The van der Waals surface area contributed by atoms with Crippen LogP contribution in [-0.2, 0) is 6.42 Å². The highest BCUT2D eigenvalue weighted by atomic mass is 16.3. The summed E-state index contributed by atoms with van der Waals surface area (Å²) in [5.41, 5.74) is 1.06. The molecule has 1 aromatic carbocycles. The van der Waals surface area contributed by atoms with Crippen molar-refractivity contribution in [1.29, 1.82) is 5.41 Å². The number of aliphatic hydroxyl groups excluding tert-OH is 1. The maximum absolute atomic E-state index is 9.07. The topological polar surface area (TPSA) is 44.1 Å². The van der Waals surface area contributed by atoms with Gasteiger partial charge < -0.3 is 10.5 Å². The van der Waals surface area contributed by atoms with Crippen molar-refractivity contribution in [2.75, 3.05) is 0 Å². The lowest BCUT2D eigenvalue weighted by atomic mass is 10.1. The first kappa shape index (κ1) is 7.95. The Morgan fingerprint density at radius 3 is 2.55 bits per heavy atom. The molecule has 0 bridgehead atoms. The van der Waals surface area contributed by atoms with Gasteiger partial charge in [-0.3, -0.25) is 0 Å². The Kier molecular flexibility index (Phi) is 2.81. The molecule has 0 amide bonds. The summed E-state index contributed by atoms with van der Waals surface area (Å²) in [4.78, 5) is 0. The lowest BCUT2D eigenvalue weighted by molar-refractivity contribution is 0.246. The van der Waals surface area contributed by atoms with Crippen molar-refractivity contribution in [2.24, 2.45) is 0 Å². The van der Waals surface area contributed by atoms with Crippen LogP contribution in [0, 0.1) is 5.41 Å². The minimum atomic E-state index is -0.641. The molecule has 0 spiro atoms. The second-order valence-corrected chi connectivity index (χ2v) is 2.42. The van der Waals surface area contributed by atoms with Crippen LogP contribution in [0.3, 0.4) is 0 Å². The molecule has 1 unspecified atom stereocenters. The van der Waals surface area contributed by atoms with Crippen molar-refractivity contribution < 1.29 is 5.11 Å². The van der Waals surface area contributed by atoms with Gasteiger partial charge in [0.25, 0.3) is 0 Å². The Labute approximate surface area is 66.0 Å². The minimum Gasteiger partial charge on any atom is -0.387 e. The molecule has 0 aliphatic carbocycles. The molecular weight excluding hydrogens is 138 g/mol. The van der Waals surface area contributed by atoms with E-state index < -0.39 is 6.10 Å². The number of benzene rings is 1. The predicted octanol–water partition coefficient (Wildman–Crippen LogP) is 1.24. The summed E-state index contributed by atoms with van der Waals surface area (Å²) in [5.74, 6) is 0. The third-order valence-electron chi connectivity index (χ3n) is 1.48. The molecule has 2 N–H and O–H groups in total. The number of hydrogen-bond donors (Lipinski definition) is 2. The predicted molar refractivity (Wildman–Crippen MR) is 44.9 cm³/mol. The molecule has 11 heavy (non-hydrogen) atoms. The molecule has 58 valence electrons. The van der Waals surface area contributed by atoms with E-state index in [9.17, 15) is 0 Å². The summed E-state index contributed by atoms with van der Waals surface area (Å²) >= 11 is 0. The highest BCUT2D eigenvalue weighted by Crippen LogP contribution is 2.00.